The second kappa shape index (κ2) is 7.11. The van der Waals surface area contributed by atoms with Crippen LogP contribution >= 0.6 is 0 Å². The molecule has 0 aromatic heterocycles. The molecule has 6 nitrogen and oxygen atoms in total. The average molecular weight is 327 g/mol. The van der Waals surface area contributed by atoms with Crippen LogP contribution in [0.5, 0.6) is 0 Å². The highest BCUT2D eigenvalue weighted by Crippen LogP contribution is 2.25. The monoisotopic (exact) mass is 327 g/mol. The van der Waals surface area contributed by atoms with Crippen molar-refractivity contribution in [3.63, 3.8) is 0 Å². The minimum Gasteiger partial charge on any atom is -0.469 e. The minimum absolute atomic E-state index is 0.153. The van der Waals surface area contributed by atoms with Gasteiger partial charge >= 0.3 is 5.97 Å². The summed E-state index contributed by atoms with van der Waals surface area (Å²) in [5.74, 6) is 0.00746. The lowest BCUT2D eigenvalue weighted by atomic mass is 10.1. The number of anilines is 1. The molecule has 0 N–H and O–H groups in total. The summed E-state index contributed by atoms with van der Waals surface area (Å²) in [7, 11) is 0.0481. The fourth-order valence-electron chi connectivity index (χ4n) is 2.48. The van der Waals surface area contributed by atoms with Crippen molar-refractivity contribution in [2.75, 3.05) is 43.7 Å². The van der Waals surface area contributed by atoms with Gasteiger partial charge in [-0.25, -0.2) is 8.42 Å². The standard InChI is InChI=1S/C15H21NO5S/c1-20-11-13-4-3-12(10-15(17)21-2)9-14(13)16-5-7-22(18,19)8-6-16/h3-4,9H,5-8,10-11H2,1-2H3. The van der Waals surface area contributed by atoms with E-state index in [4.69, 9.17) is 4.74 Å². The Balaban J connectivity index is 2.25. The lowest BCUT2D eigenvalue weighted by Crippen LogP contribution is -2.40. The highest BCUT2D eigenvalue weighted by Gasteiger charge is 2.23. The van der Waals surface area contributed by atoms with Crippen molar-refractivity contribution in [1.82, 2.24) is 0 Å². The molecular weight excluding hydrogens is 306 g/mol. The molecule has 1 saturated heterocycles. The molecule has 1 aliphatic rings. The first-order chi connectivity index (χ1) is 10.4. The normalized spacial score (nSPS) is 17.3. The molecule has 1 aromatic carbocycles. The van der Waals surface area contributed by atoms with Crippen molar-refractivity contribution in [1.29, 1.82) is 0 Å². The molecule has 7 heteroatoms. The van der Waals surface area contributed by atoms with Crippen LogP contribution in [0.25, 0.3) is 0 Å². The largest absolute Gasteiger partial charge is 0.469 e. The topological polar surface area (TPSA) is 72.9 Å². The van der Waals surface area contributed by atoms with Crippen LogP contribution in [0.2, 0.25) is 0 Å². The Bertz CT molecular complexity index is 627. The van der Waals surface area contributed by atoms with Crippen LogP contribution in [-0.2, 0) is 37.1 Å². The molecule has 2 rings (SSSR count). The molecule has 1 fully saturated rings. The van der Waals surface area contributed by atoms with Crippen molar-refractivity contribution in [2.45, 2.75) is 13.0 Å². The van der Waals surface area contributed by atoms with Gasteiger partial charge in [0.15, 0.2) is 9.84 Å². The maximum atomic E-state index is 11.6. The van der Waals surface area contributed by atoms with Gasteiger partial charge in [0.05, 0.1) is 31.6 Å². The Hall–Kier alpha value is -1.60. The van der Waals surface area contributed by atoms with Gasteiger partial charge in [-0.3, -0.25) is 4.79 Å². The summed E-state index contributed by atoms with van der Waals surface area (Å²) in [5, 5.41) is 0. The second-order valence-electron chi connectivity index (χ2n) is 5.29. The summed E-state index contributed by atoms with van der Waals surface area (Å²) < 4.78 is 33.0. The number of carbonyl (C=O) groups excluding carboxylic acids is 1. The maximum Gasteiger partial charge on any atom is 0.309 e. The summed E-state index contributed by atoms with van der Waals surface area (Å²) >= 11 is 0. The molecule has 1 heterocycles. The zero-order chi connectivity index (χ0) is 16.2. The van der Waals surface area contributed by atoms with E-state index in [1.165, 1.54) is 7.11 Å². The Morgan fingerprint density at radius 2 is 1.91 bits per heavy atom. The molecule has 0 bridgehead atoms. The summed E-state index contributed by atoms with van der Waals surface area (Å²) in [5.41, 5.74) is 2.75. The lowest BCUT2D eigenvalue weighted by molar-refractivity contribution is -0.139. The third-order valence-electron chi connectivity index (χ3n) is 3.71. The molecule has 0 unspecified atom stereocenters. The van der Waals surface area contributed by atoms with Crippen molar-refractivity contribution in [3.8, 4) is 0 Å². The van der Waals surface area contributed by atoms with Gasteiger partial charge in [-0.2, -0.15) is 0 Å². The summed E-state index contributed by atoms with van der Waals surface area (Å²) in [6.45, 7) is 1.36. The molecule has 122 valence electrons. The van der Waals surface area contributed by atoms with Crippen LogP contribution in [0.15, 0.2) is 18.2 Å². The number of carbonyl (C=O) groups is 1. The second-order valence-corrected chi connectivity index (χ2v) is 7.59. The predicted octanol–water partition coefficient (Wildman–Crippen LogP) is 0.783. The molecular formula is C15H21NO5S. The predicted molar refractivity (Wildman–Crippen MR) is 83.7 cm³/mol. The number of nitrogens with zero attached hydrogens (tertiary/aromatic N) is 1. The van der Waals surface area contributed by atoms with Crippen LogP contribution in [0.1, 0.15) is 11.1 Å². The van der Waals surface area contributed by atoms with Gasteiger partial charge in [0.25, 0.3) is 0 Å². The number of methoxy groups -OCH3 is 2. The zero-order valence-electron chi connectivity index (χ0n) is 12.9. The molecule has 0 saturated carbocycles. The van der Waals surface area contributed by atoms with Crippen LogP contribution in [-0.4, -0.2) is 53.2 Å². The lowest BCUT2D eigenvalue weighted by Gasteiger charge is -2.31. The van der Waals surface area contributed by atoms with E-state index in [0.29, 0.717) is 19.7 Å². The Morgan fingerprint density at radius 1 is 1.23 bits per heavy atom. The number of ether oxygens (including phenoxy) is 2. The van der Waals surface area contributed by atoms with Gasteiger partial charge in [-0.05, 0) is 11.6 Å². The number of esters is 1. The summed E-state index contributed by atoms with van der Waals surface area (Å²) in [4.78, 5) is 13.5. The molecule has 0 amide bonds. The highest BCUT2D eigenvalue weighted by atomic mass is 32.2. The fourth-order valence-corrected chi connectivity index (χ4v) is 3.68. The first-order valence-corrected chi connectivity index (χ1v) is 8.90. The van der Waals surface area contributed by atoms with Crippen molar-refractivity contribution >= 4 is 21.5 Å². The van der Waals surface area contributed by atoms with Crippen molar-refractivity contribution in [2.24, 2.45) is 0 Å². The van der Waals surface area contributed by atoms with Crippen LogP contribution in [0.3, 0.4) is 0 Å². The third kappa shape index (κ3) is 4.20. The fraction of sp³-hybridized carbons (Fsp3) is 0.533. The molecule has 1 aromatic rings. The van der Waals surface area contributed by atoms with E-state index in [1.54, 1.807) is 7.11 Å². The number of hydrogen-bond acceptors (Lipinski definition) is 6. The third-order valence-corrected chi connectivity index (χ3v) is 5.32. The van der Waals surface area contributed by atoms with E-state index < -0.39 is 9.84 Å². The van der Waals surface area contributed by atoms with Gasteiger partial charge < -0.3 is 14.4 Å². The number of sulfone groups is 1. The first kappa shape index (κ1) is 16.8. The maximum absolute atomic E-state index is 11.6. The zero-order valence-corrected chi connectivity index (χ0v) is 13.7. The van der Waals surface area contributed by atoms with Crippen molar-refractivity contribution in [3.05, 3.63) is 29.3 Å². The smallest absolute Gasteiger partial charge is 0.309 e. The average Bonchev–Trinajstić information content (AvgIpc) is 2.49. The van der Waals surface area contributed by atoms with E-state index in [0.717, 1.165) is 16.8 Å². The molecule has 0 radical (unpaired) electrons. The van der Waals surface area contributed by atoms with E-state index in [1.807, 2.05) is 23.1 Å². The molecule has 1 aliphatic heterocycles. The van der Waals surface area contributed by atoms with Gasteiger partial charge in [-0.15, -0.1) is 0 Å². The molecule has 0 spiro atoms. The molecule has 22 heavy (non-hydrogen) atoms. The van der Waals surface area contributed by atoms with Crippen molar-refractivity contribution < 1.29 is 22.7 Å². The van der Waals surface area contributed by atoms with Crippen LogP contribution in [0.4, 0.5) is 5.69 Å². The Labute approximate surface area is 130 Å². The van der Waals surface area contributed by atoms with Crippen LogP contribution < -0.4 is 4.90 Å². The van der Waals surface area contributed by atoms with E-state index in [2.05, 4.69) is 4.74 Å². The van der Waals surface area contributed by atoms with E-state index in [-0.39, 0.29) is 23.9 Å². The van der Waals surface area contributed by atoms with E-state index in [9.17, 15) is 13.2 Å². The Morgan fingerprint density at radius 3 is 2.50 bits per heavy atom. The van der Waals surface area contributed by atoms with E-state index >= 15 is 0 Å². The molecule has 0 atom stereocenters. The van der Waals surface area contributed by atoms with Gasteiger partial charge in [0.1, 0.15) is 0 Å². The number of benzene rings is 1. The molecule has 0 aliphatic carbocycles. The van der Waals surface area contributed by atoms with Gasteiger partial charge in [-0.1, -0.05) is 12.1 Å². The first-order valence-electron chi connectivity index (χ1n) is 7.08. The minimum atomic E-state index is -2.93. The Kier molecular flexibility index (Phi) is 5.42. The SMILES string of the molecule is COCc1ccc(CC(=O)OC)cc1N1CCS(=O)(=O)CC1. The number of rotatable bonds is 5. The summed E-state index contributed by atoms with van der Waals surface area (Å²) in [6, 6.07) is 5.71. The number of hydrogen-bond donors (Lipinski definition) is 0. The highest BCUT2D eigenvalue weighted by molar-refractivity contribution is 7.91. The van der Waals surface area contributed by atoms with Gasteiger partial charge in [0.2, 0.25) is 0 Å². The van der Waals surface area contributed by atoms with Crippen LogP contribution in [0, 0.1) is 0 Å². The quantitative estimate of drug-likeness (QED) is 0.744. The summed E-state index contributed by atoms with van der Waals surface area (Å²) in [6.07, 6.45) is 0.197. The van der Waals surface area contributed by atoms with Gasteiger partial charge in [0, 0.05) is 31.5 Å².